The number of carbonyl (C=O) groups excluding carboxylic acids is 1. The molecule has 6 N–H and O–H groups in total. The molecule has 3 rings (SSSR count). The summed E-state index contributed by atoms with van der Waals surface area (Å²) in [6.07, 6.45) is -9.51. The summed E-state index contributed by atoms with van der Waals surface area (Å²) in [4.78, 5) is 16.0. The molecule has 0 aromatic heterocycles. The van der Waals surface area contributed by atoms with Crippen LogP contribution in [0.3, 0.4) is 0 Å². The fourth-order valence-corrected chi connectivity index (χ4v) is 8.61. The summed E-state index contributed by atoms with van der Waals surface area (Å²) in [5.41, 5.74) is -4.68. The molecule has 3 saturated heterocycles. The van der Waals surface area contributed by atoms with Gasteiger partial charge >= 0.3 is 5.97 Å². The zero-order chi connectivity index (χ0) is 39.7. The lowest BCUT2D eigenvalue weighted by molar-refractivity contribution is -0.317. The van der Waals surface area contributed by atoms with Crippen molar-refractivity contribution in [3.05, 3.63) is 0 Å². The topological polar surface area (TPSA) is 209 Å². The van der Waals surface area contributed by atoms with Gasteiger partial charge in [-0.1, -0.05) is 32.9 Å². The first-order chi connectivity index (χ1) is 24.0. The number of nitrogens with zero attached hydrogens (tertiary/aromatic N) is 2. The molecule has 3 fully saturated rings. The van der Waals surface area contributed by atoms with Crippen LogP contribution in [0.25, 0.3) is 0 Å². The van der Waals surface area contributed by atoms with E-state index >= 15 is 0 Å². The summed E-state index contributed by atoms with van der Waals surface area (Å²) in [6.45, 7) is 16.6. The normalized spacial score (nSPS) is 49.8. The Bertz CT molecular complexity index is 1200. The number of rotatable bonds is 7. The zero-order valence-corrected chi connectivity index (χ0v) is 33.4. The first kappa shape index (κ1) is 44.9. The second kappa shape index (κ2) is 17.5. The number of aliphatic hydroxyl groups is 5. The molecule has 52 heavy (non-hydrogen) atoms. The van der Waals surface area contributed by atoms with Gasteiger partial charge in [-0.3, -0.25) is 4.79 Å². The van der Waals surface area contributed by atoms with Crippen molar-refractivity contribution < 1.29 is 64.0 Å². The minimum atomic E-state index is -1.97. The van der Waals surface area contributed by atoms with Crippen molar-refractivity contribution in [1.82, 2.24) is 4.90 Å². The van der Waals surface area contributed by atoms with Crippen molar-refractivity contribution >= 4 is 11.7 Å². The van der Waals surface area contributed by atoms with Gasteiger partial charge in [-0.25, -0.2) is 0 Å². The van der Waals surface area contributed by atoms with Crippen molar-refractivity contribution in [2.45, 2.75) is 179 Å². The summed E-state index contributed by atoms with van der Waals surface area (Å²) < 4.78 is 37.2. The number of aliphatic hydroxyl groups excluding tert-OH is 3. The maximum Gasteiger partial charge on any atom is 0.311 e. The van der Waals surface area contributed by atoms with Crippen LogP contribution in [0.15, 0.2) is 5.16 Å². The lowest BCUT2D eigenvalue weighted by Gasteiger charge is -2.49. The van der Waals surface area contributed by atoms with Crippen LogP contribution in [0.4, 0.5) is 0 Å². The predicted octanol–water partition coefficient (Wildman–Crippen LogP) is 2.05. The molecule has 0 spiro atoms. The van der Waals surface area contributed by atoms with Gasteiger partial charge in [-0.2, -0.15) is 0 Å². The van der Waals surface area contributed by atoms with Crippen molar-refractivity contribution in [2.24, 2.45) is 28.8 Å². The molecule has 0 radical (unpaired) electrons. The van der Waals surface area contributed by atoms with Crippen LogP contribution in [0.5, 0.6) is 0 Å². The number of likely N-dealkylation sites (N-methyl/N-ethyl adjacent to an activating group) is 1. The van der Waals surface area contributed by atoms with Crippen molar-refractivity contribution in [3.63, 3.8) is 0 Å². The minimum Gasteiger partial charge on any atom is -0.459 e. The summed E-state index contributed by atoms with van der Waals surface area (Å²) >= 11 is 0. The molecule has 304 valence electrons. The van der Waals surface area contributed by atoms with E-state index in [0.29, 0.717) is 6.42 Å². The molecule has 15 nitrogen and oxygen atoms in total. The molecule has 15 heteroatoms. The van der Waals surface area contributed by atoms with Crippen LogP contribution >= 0.6 is 0 Å². The maximum atomic E-state index is 14.1. The van der Waals surface area contributed by atoms with Crippen LogP contribution in [0, 0.1) is 23.7 Å². The number of cyclic esters (lactones) is 1. The van der Waals surface area contributed by atoms with E-state index in [9.17, 15) is 35.5 Å². The highest BCUT2D eigenvalue weighted by molar-refractivity contribution is 5.88. The lowest BCUT2D eigenvalue weighted by atomic mass is 9.73. The Morgan fingerprint density at radius 2 is 1.54 bits per heavy atom. The molecule has 0 aliphatic carbocycles. The van der Waals surface area contributed by atoms with Gasteiger partial charge in [0.15, 0.2) is 12.6 Å². The van der Waals surface area contributed by atoms with E-state index < -0.39 is 102 Å². The fourth-order valence-electron chi connectivity index (χ4n) is 8.61. The van der Waals surface area contributed by atoms with Gasteiger partial charge < -0.3 is 64.1 Å². The molecule has 0 amide bonds. The van der Waals surface area contributed by atoms with Gasteiger partial charge in [0.2, 0.25) is 0 Å². The second-order valence-electron chi connectivity index (χ2n) is 16.6. The standard InChI is InChI=1S/C37H68N2O13/c1-14-25-37(10,45)30(41)20(4)27(38-46)18(2)16-35(8,44)32(52-34-28(40)24(39(11)12)15-19(3)48-34)21(5)29(22(6)33(43)50-25)51-26-17-36(9,47-13)31(42)23(7)49-26/h18-26,28-32,34,40-42,44-46H,14-17H2,1-13H3/b38-27+/t18-,19?,20+,21+,22-,23?,24?,25-,26?,28?,29?,30-,31?,32-,34?,35-,36?,37-/m0/s1. The van der Waals surface area contributed by atoms with Gasteiger partial charge in [-0.15, -0.1) is 0 Å². The SMILES string of the molecule is CC[C@@H]1OC(=O)[C@@H](C)C(OC2CC(C)(OC)C(O)C(C)O2)[C@@H](C)[C@H](OC2OC(C)CC(N(C)C)C2O)[C@@](C)(O)C[C@H](C)/C(=N\O)[C@@H](C)[C@H](O)[C@@]1(C)O. The minimum absolute atomic E-state index is 0.0657. The largest absolute Gasteiger partial charge is 0.459 e. The Morgan fingerprint density at radius 3 is 2.08 bits per heavy atom. The molecule has 18 atom stereocenters. The zero-order valence-electron chi connectivity index (χ0n) is 33.4. The smallest absolute Gasteiger partial charge is 0.311 e. The molecule has 0 aromatic rings. The van der Waals surface area contributed by atoms with Crippen LogP contribution in [-0.4, -0.2) is 153 Å². The van der Waals surface area contributed by atoms with E-state index in [1.54, 1.807) is 55.4 Å². The molecular weight excluding hydrogens is 680 g/mol. The van der Waals surface area contributed by atoms with Gasteiger partial charge in [0, 0.05) is 37.3 Å². The monoisotopic (exact) mass is 748 g/mol. The van der Waals surface area contributed by atoms with E-state index in [0.717, 1.165) is 0 Å². The van der Waals surface area contributed by atoms with Gasteiger partial charge in [0.25, 0.3) is 0 Å². The third kappa shape index (κ3) is 9.47. The number of carbonyl (C=O) groups is 1. The van der Waals surface area contributed by atoms with Crippen LogP contribution in [-0.2, 0) is 33.2 Å². The first-order valence-corrected chi connectivity index (χ1v) is 18.7. The summed E-state index contributed by atoms with van der Waals surface area (Å²) in [5.74, 6) is -4.24. The molecule has 0 aromatic carbocycles. The summed E-state index contributed by atoms with van der Waals surface area (Å²) in [6, 6.07) is -0.322. The molecule has 9 unspecified atom stereocenters. The van der Waals surface area contributed by atoms with Gasteiger partial charge in [0.1, 0.15) is 23.9 Å². The van der Waals surface area contributed by atoms with E-state index in [-0.39, 0.29) is 37.1 Å². The fraction of sp³-hybridized carbons (Fsp3) is 0.946. The number of ether oxygens (including phenoxy) is 6. The molecule has 3 aliphatic heterocycles. The maximum absolute atomic E-state index is 14.1. The van der Waals surface area contributed by atoms with E-state index in [1.807, 2.05) is 25.9 Å². The highest BCUT2D eigenvalue weighted by Crippen LogP contribution is 2.41. The number of methoxy groups -OCH3 is 1. The Kier molecular flexibility index (Phi) is 15.1. The predicted molar refractivity (Wildman–Crippen MR) is 190 cm³/mol. The van der Waals surface area contributed by atoms with E-state index in [2.05, 4.69) is 5.16 Å². The van der Waals surface area contributed by atoms with Crippen molar-refractivity contribution in [1.29, 1.82) is 0 Å². The molecule has 0 bridgehead atoms. The van der Waals surface area contributed by atoms with Crippen molar-refractivity contribution in [2.75, 3.05) is 21.2 Å². The number of hydrogen-bond donors (Lipinski definition) is 6. The van der Waals surface area contributed by atoms with Gasteiger partial charge in [0.05, 0.1) is 53.4 Å². The quantitative estimate of drug-likeness (QED) is 0.125. The summed E-state index contributed by atoms with van der Waals surface area (Å²) in [7, 11) is 5.19. The molecule has 3 heterocycles. The average molecular weight is 749 g/mol. The summed E-state index contributed by atoms with van der Waals surface area (Å²) in [5, 5.41) is 71.8. The number of oxime groups is 1. The number of hydrogen-bond acceptors (Lipinski definition) is 15. The Balaban J connectivity index is 2.21. The Labute approximate surface area is 309 Å². The lowest BCUT2D eigenvalue weighted by Crippen LogP contribution is -2.61. The van der Waals surface area contributed by atoms with Gasteiger partial charge in [-0.05, 0) is 74.9 Å². The van der Waals surface area contributed by atoms with Crippen LogP contribution < -0.4 is 0 Å². The Hall–Kier alpha value is -1.50. The highest BCUT2D eigenvalue weighted by Gasteiger charge is 2.53. The molecule has 3 aliphatic rings. The van der Waals surface area contributed by atoms with Crippen molar-refractivity contribution in [3.8, 4) is 0 Å². The van der Waals surface area contributed by atoms with E-state index in [4.69, 9.17) is 28.4 Å². The number of esters is 1. The Morgan fingerprint density at radius 1 is 0.923 bits per heavy atom. The molecule has 0 saturated carbocycles. The van der Waals surface area contributed by atoms with Crippen LogP contribution in [0.1, 0.15) is 94.9 Å². The van der Waals surface area contributed by atoms with Crippen LogP contribution in [0.2, 0.25) is 0 Å². The second-order valence-corrected chi connectivity index (χ2v) is 16.6. The highest BCUT2D eigenvalue weighted by atomic mass is 16.7. The first-order valence-electron chi connectivity index (χ1n) is 18.7. The van der Waals surface area contributed by atoms with E-state index in [1.165, 1.54) is 14.0 Å². The third-order valence-corrected chi connectivity index (χ3v) is 12.0. The third-order valence-electron chi connectivity index (χ3n) is 12.0. The average Bonchev–Trinajstić information content (AvgIpc) is 3.06. The molecular formula is C37H68N2O13.